The Kier molecular flexibility index (Phi) is 10.5. The van der Waals surface area contributed by atoms with Gasteiger partial charge in [0.15, 0.2) is 5.16 Å². The van der Waals surface area contributed by atoms with Crippen LogP contribution in [0.4, 0.5) is 5.69 Å². The molecule has 162 valence electrons. The zero-order chi connectivity index (χ0) is 21.9. The number of ether oxygens (including phenoxy) is 1. The van der Waals surface area contributed by atoms with Gasteiger partial charge in [0.2, 0.25) is 5.91 Å². The molecule has 1 heterocycles. The standard InChI is InChI=1S/C20H25BrN4O3S2/c1-4-10-30-20-22-12-13(21)17(25-20)19(27)24-15(9-11-29-3)18(26)23-14-7-5-6-8-16(14)28-2/h5-8,12,15H,4,9-11H2,1-3H3,(H,23,26)(H,24,27)/t15-/m0/s1. The van der Waals surface area contributed by atoms with Crippen molar-refractivity contribution in [3.05, 3.63) is 40.6 Å². The molecule has 1 atom stereocenters. The Morgan fingerprint density at radius 1 is 1.27 bits per heavy atom. The average molecular weight is 513 g/mol. The summed E-state index contributed by atoms with van der Waals surface area (Å²) in [7, 11) is 1.54. The first kappa shape index (κ1) is 24.5. The van der Waals surface area contributed by atoms with Crippen LogP contribution in [0.25, 0.3) is 0 Å². The molecule has 2 rings (SSSR count). The lowest BCUT2D eigenvalue weighted by molar-refractivity contribution is -0.118. The minimum atomic E-state index is -0.719. The highest BCUT2D eigenvalue weighted by atomic mass is 79.9. The summed E-state index contributed by atoms with van der Waals surface area (Å²) in [5.41, 5.74) is 0.762. The van der Waals surface area contributed by atoms with Crippen LogP contribution in [-0.2, 0) is 4.79 Å². The molecule has 2 aromatic rings. The summed E-state index contributed by atoms with van der Waals surface area (Å²) in [5, 5.41) is 6.19. The van der Waals surface area contributed by atoms with E-state index in [1.807, 2.05) is 12.3 Å². The third-order valence-corrected chi connectivity index (χ3v) is 6.26. The zero-order valence-electron chi connectivity index (χ0n) is 17.1. The first-order valence-electron chi connectivity index (χ1n) is 9.39. The summed E-state index contributed by atoms with van der Waals surface area (Å²) in [6.45, 7) is 2.07. The molecule has 1 aromatic heterocycles. The van der Waals surface area contributed by atoms with Gasteiger partial charge in [0.05, 0.1) is 17.3 Å². The van der Waals surface area contributed by atoms with Gasteiger partial charge in [-0.1, -0.05) is 30.8 Å². The van der Waals surface area contributed by atoms with Gasteiger partial charge in [-0.3, -0.25) is 9.59 Å². The molecular weight excluding hydrogens is 488 g/mol. The van der Waals surface area contributed by atoms with Crippen LogP contribution in [0.15, 0.2) is 40.1 Å². The normalized spacial score (nSPS) is 11.6. The number of amides is 2. The van der Waals surface area contributed by atoms with E-state index in [1.54, 1.807) is 43.3 Å². The molecule has 0 saturated heterocycles. The van der Waals surface area contributed by atoms with E-state index in [0.29, 0.717) is 33.2 Å². The molecule has 0 bridgehead atoms. The third-order valence-electron chi connectivity index (χ3n) is 3.97. The number of nitrogens with one attached hydrogen (secondary N) is 2. The Morgan fingerprint density at radius 3 is 2.73 bits per heavy atom. The summed E-state index contributed by atoms with van der Waals surface area (Å²) >= 11 is 6.43. The molecular formula is C20H25BrN4O3S2. The van der Waals surface area contributed by atoms with E-state index in [4.69, 9.17) is 4.74 Å². The maximum Gasteiger partial charge on any atom is 0.271 e. The molecule has 10 heteroatoms. The Hall–Kier alpha value is -1.78. The van der Waals surface area contributed by atoms with Gasteiger partial charge in [-0.25, -0.2) is 9.97 Å². The minimum absolute atomic E-state index is 0.211. The third kappa shape index (κ3) is 7.17. The number of methoxy groups -OCH3 is 1. The van der Waals surface area contributed by atoms with Crippen molar-refractivity contribution in [1.29, 1.82) is 0 Å². The molecule has 0 aliphatic rings. The number of halogens is 1. The molecule has 2 N–H and O–H groups in total. The first-order valence-corrected chi connectivity index (χ1v) is 12.6. The van der Waals surface area contributed by atoms with Crippen LogP contribution in [-0.4, -0.2) is 52.7 Å². The van der Waals surface area contributed by atoms with Gasteiger partial charge in [-0.15, -0.1) is 0 Å². The number of hydrogen-bond donors (Lipinski definition) is 2. The number of carbonyl (C=O) groups excluding carboxylic acids is 2. The van der Waals surface area contributed by atoms with Crippen molar-refractivity contribution >= 4 is 57.0 Å². The number of hydrogen-bond acceptors (Lipinski definition) is 7. The van der Waals surface area contributed by atoms with Crippen LogP contribution in [0, 0.1) is 0 Å². The summed E-state index contributed by atoms with van der Waals surface area (Å²) in [5.74, 6) is 1.39. The predicted octanol–water partition coefficient (Wildman–Crippen LogP) is 4.24. The fourth-order valence-corrected chi connectivity index (χ4v) is 3.98. The fourth-order valence-electron chi connectivity index (χ4n) is 2.47. The van der Waals surface area contributed by atoms with E-state index >= 15 is 0 Å². The lowest BCUT2D eigenvalue weighted by Gasteiger charge is -2.19. The largest absolute Gasteiger partial charge is 0.495 e. The fraction of sp³-hybridized carbons (Fsp3) is 0.400. The van der Waals surface area contributed by atoms with E-state index in [2.05, 4.69) is 43.5 Å². The first-order chi connectivity index (χ1) is 14.5. The van der Waals surface area contributed by atoms with Gasteiger partial charge < -0.3 is 15.4 Å². The van der Waals surface area contributed by atoms with Crippen molar-refractivity contribution < 1.29 is 14.3 Å². The maximum atomic E-state index is 12.9. The van der Waals surface area contributed by atoms with Crippen LogP contribution in [0.1, 0.15) is 30.3 Å². The second kappa shape index (κ2) is 12.8. The van der Waals surface area contributed by atoms with E-state index in [9.17, 15) is 9.59 Å². The highest BCUT2D eigenvalue weighted by molar-refractivity contribution is 9.10. The van der Waals surface area contributed by atoms with Crippen molar-refractivity contribution in [2.45, 2.75) is 31.0 Å². The summed E-state index contributed by atoms with van der Waals surface area (Å²) < 4.78 is 5.77. The van der Waals surface area contributed by atoms with Crippen molar-refractivity contribution in [3.8, 4) is 5.75 Å². The van der Waals surface area contributed by atoms with Crippen molar-refractivity contribution in [1.82, 2.24) is 15.3 Å². The number of rotatable bonds is 11. The SMILES string of the molecule is CCCSc1ncc(Br)c(C(=O)N[C@@H](CCSC)C(=O)Nc2ccccc2OC)n1. The monoisotopic (exact) mass is 512 g/mol. The quantitative estimate of drug-likeness (QED) is 0.343. The molecule has 0 saturated carbocycles. The number of anilines is 1. The average Bonchev–Trinajstić information content (AvgIpc) is 2.76. The van der Waals surface area contributed by atoms with Crippen LogP contribution in [0.3, 0.4) is 0 Å². The Bertz CT molecular complexity index is 870. The predicted molar refractivity (Wildman–Crippen MR) is 127 cm³/mol. The van der Waals surface area contributed by atoms with Gasteiger partial charge in [0, 0.05) is 11.9 Å². The van der Waals surface area contributed by atoms with Crippen LogP contribution < -0.4 is 15.4 Å². The summed E-state index contributed by atoms with van der Waals surface area (Å²) in [6, 6.07) is 6.42. The molecule has 0 spiro atoms. The molecule has 0 unspecified atom stereocenters. The van der Waals surface area contributed by atoms with Gasteiger partial charge in [0.1, 0.15) is 17.5 Å². The van der Waals surface area contributed by atoms with E-state index < -0.39 is 11.9 Å². The topological polar surface area (TPSA) is 93.2 Å². The lowest BCUT2D eigenvalue weighted by atomic mass is 10.2. The number of nitrogens with zero attached hydrogens (tertiary/aromatic N) is 2. The molecule has 0 aliphatic carbocycles. The number of aromatic nitrogens is 2. The zero-order valence-corrected chi connectivity index (χ0v) is 20.3. The van der Waals surface area contributed by atoms with Crippen LogP contribution in [0.5, 0.6) is 5.75 Å². The highest BCUT2D eigenvalue weighted by Crippen LogP contribution is 2.24. The summed E-state index contributed by atoms with van der Waals surface area (Å²) in [6.07, 6.45) is 4.97. The van der Waals surface area contributed by atoms with Gasteiger partial charge in [-0.2, -0.15) is 11.8 Å². The molecule has 2 amide bonds. The molecule has 0 radical (unpaired) electrons. The van der Waals surface area contributed by atoms with E-state index in [0.717, 1.165) is 12.2 Å². The summed E-state index contributed by atoms with van der Waals surface area (Å²) in [4.78, 5) is 34.4. The molecule has 1 aromatic carbocycles. The number of benzene rings is 1. The van der Waals surface area contributed by atoms with E-state index in [-0.39, 0.29) is 11.6 Å². The molecule has 0 fully saturated rings. The minimum Gasteiger partial charge on any atom is -0.495 e. The van der Waals surface area contributed by atoms with Crippen molar-refractivity contribution in [3.63, 3.8) is 0 Å². The van der Waals surface area contributed by atoms with Crippen LogP contribution >= 0.6 is 39.5 Å². The Morgan fingerprint density at radius 2 is 2.03 bits per heavy atom. The Balaban J connectivity index is 2.17. The smallest absolute Gasteiger partial charge is 0.271 e. The molecule has 30 heavy (non-hydrogen) atoms. The molecule has 0 aliphatic heterocycles. The maximum absolute atomic E-state index is 12.9. The van der Waals surface area contributed by atoms with Crippen LogP contribution in [0.2, 0.25) is 0 Å². The molecule has 7 nitrogen and oxygen atoms in total. The Labute approximate surface area is 193 Å². The lowest BCUT2D eigenvalue weighted by Crippen LogP contribution is -2.44. The van der Waals surface area contributed by atoms with E-state index in [1.165, 1.54) is 11.8 Å². The number of thioether (sulfide) groups is 2. The highest BCUT2D eigenvalue weighted by Gasteiger charge is 2.24. The van der Waals surface area contributed by atoms with Gasteiger partial charge in [0.25, 0.3) is 5.91 Å². The van der Waals surface area contributed by atoms with Crippen molar-refractivity contribution in [2.24, 2.45) is 0 Å². The van der Waals surface area contributed by atoms with Crippen molar-refractivity contribution in [2.75, 3.05) is 30.2 Å². The second-order valence-electron chi connectivity index (χ2n) is 6.19. The second-order valence-corrected chi connectivity index (χ2v) is 9.10. The van der Waals surface area contributed by atoms with Gasteiger partial charge in [-0.05, 0) is 52.9 Å². The van der Waals surface area contributed by atoms with Gasteiger partial charge >= 0.3 is 0 Å². The number of para-hydroxylation sites is 2. The number of carbonyl (C=O) groups is 2.